The van der Waals surface area contributed by atoms with Gasteiger partial charge in [0.05, 0.1) is 0 Å². The summed E-state index contributed by atoms with van der Waals surface area (Å²) in [6, 6.07) is 5.39. The molecule has 0 radical (unpaired) electrons. The molecule has 1 aromatic rings. The smallest absolute Gasteiger partial charge is 0.0210 e. The topological polar surface area (TPSA) is 12.0 Å². The highest BCUT2D eigenvalue weighted by Crippen LogP contribution is 2.23. The minimum Gasteiger partial charge on any atom is -0.310 e. The monoisotopic (exact) mass is 259 g/mol. The third kappa shape index (κ3) is 3.82. The zero-order chi connectivity index (χ0) is 13.8. The summed E-state index contributed by atoms with van der Waals surface area (Å²) in [5, 5.41) is 3.82. The molecular weight excluding hydrogens is 230 g/mol. The van der Waals surface area contributed by atoms with Crippen molar-refractivity contribution in [2.24, 2.45) is 5.92 Å². The SMILES string of the molecule is Cc1cc(C)c(CNC2CCCCCC2C)cc1C. The van der Waals surface area contributed by atoms with Crippen LogP contribution in [-0.2, 0) is 6.54 Å². The Morgan fingerprint density at radius 2 is 1.63 bits per heavy atom. The predicted octanol–water partition coefficient (Wildman–Crippen LogP) is 4.67. The van der Waals surface area contributed by atoms with E-state index in [1.54, 1.807) is 0 Å². The van der Waals surface area contributed by atoms with Crippen LogP contribution >= 0.6 is 0 Å². The van der Waals surface area contributed by atoms with Gasteiger partial charge in [0.1, 0.15) is 0 Å². The number of hydrogen-bond donors (Lipinski definition) is 1. The van der Waals surface area contributed by atoms with Crippen molar-refractivity contribution in [2.45, 2.75) is 72.4 Å². The molecule has 2 rings (SSSR count). The molecule has 0 spiro atoms. The lowest BCUT2D eigenvalue weighted by Crippen LogP contribution is -2.34. The molecule has 1 saturated carbocycles. The fraction of sp³-hybridized carbons (Fsp3) is 0.667. The van der Waals surface area contributed by atoms with Gasteiger partial charge in [-0.15, -0.1) is 0 Å². The molecule has 1 fully saturated rings. The Morgan fingerprint density at radius 1 is 0.947 bits per heavy atom. The second-order valence-electron chi connectivity index (χ2n) is 6.47. The highest BCUT2D eigenvalue weighted by Gasteiger charge is 2.19. The van der Waals surface area contributed by atoms with Crippen LogP contribution in [0.15, 0.2) is 12.1 Å². The highest BCUT2D eigenvalue weighted by atomic mass is 14.9. The van der Waals surface area contributed by atoms with Gasteiger partial charge in [0.25, 0.3) is 0 Å². The third-order valence-corrected chi connectivity index (χ3v) is 4.87. The summed E-state index contributed by atoms with van der Waals surface area (Å²) in [7, 11) is 0. The van der Waals surface area contributed by atoms with Crippen molar-refractivity contribution in [1.82, 2.24) is 5.32 Å². The number of benzene rings is 1. The van der Waals surface area contributed by atoms with E-state index < -0.39 is 0 Å². The zero-order valence-electron chi connectivity index (χ0n) is 13.1. The van der Waals surface area contributed by atoms with E-state index in [1.807, 2.05) is 0 Å². The van der Waals surface area contributed by atoms with E-state index in [2.05, 4.69) is 45.1 Å². The van der Waals surface area contributed by atoms with Gasteiger partial charge in [-0.05, 0) is 61.8 Å². The molecule has 1 heteroatoms. The van der Waals surface area contributed by atoms with E-state index in [0.29, 0.717) is 6.04 Å². The number of aryl methyl sites for hydroxylation is 3. The minimum absolute atomic E-state index is 0.712. The fourth-order valence-electron chi connectivity index (χ4n) is 3.25. The first-order valence-corrected chi connectivity index (χ1v) is 7.88. The van der Waals surface area contributed by atoms with Gasteiger partial charge in [-0.3, -0.25) is 0 Å². The molecule has 2 atom stereocenters. The van der Waals surface area contributed by atoms with Crippen molar-refractivity contribution < 1.29 is 0 Å². The molecule has 0 amide bonds. The summed E-state index contributed by atoms with van der Waals surface area (Å²) in [4.78, 5) is 0. The summed E-state index contributed by atoms with van der Waals surface area (Å²) in [5.74, 6) is 0.828. The molecule has 0 saturated heterocycles. The van der Waals surface area contributed by atoms with Crippen LogP contribution in [0, 0.1) is 26.7 Å². The van der Waals surface area contributed by atoms with Crippen molar-refractivity contribution in [3.8, 4) is 0 Å². The molecule has 1 aliphatic rings. The van der Waals surface area contributed by atoms with Crippen LogP contribution < -0.4 is 5.32 Å². The van der Waals surface area contributed by atoms with E-state index in [9.17, 15) is 0 Å². The number of rotatable bonds is 3. The second-order valence-corrected chi connectivity index (χ2v) is 6.47. The van der Waals surface area contributed by atoms with Crippen molar-refractivity contribution in [3.05, 3.63) is 34.4 Å². The first-order valence-electron chi connectivity index (χ1n) is 7.88. The Bertz CT molecular complexity index is 422. The largest absolute Gasteiger partial charge is 0.310 e. The lowest BCUT2D eigenvalue weighted by atomic mass is 9.96. The molecule has 1 aromatic carbocycles. The van der Waals surface area contributed by atoms with Gasteiger partial charge in [0.2, 0.25) is 0 Å². The molecule has 0 heterocycles. The molecule has 1 aliphatic carbocycles. The molecule has 1 nitrogen and oxygen atoms in total. The normalized spacial score (nSPS) is 24.2. The van der Waals surface area contributed by atoms with Crippen LogP contribution in [0.3, 0.4) is 0 Å². The van der Waals surface area contributed by atoms with Crippen molar-refractivity contribution >= 4 is 0 Å². The number of hydrogen-bond acceptors (Lipinski definition) is 1. The van der Waals surface area contributed by atoms with Gasteiger partial charge >= 0.3 is 0 Å². The third-order valence-electron chi connectivity index (χ3n) is 4.87. The Kier molecular flexibility index (Phi) is 5.04. The molecule has 1 N–H and O–H groups in total. The van der Waals surface area contributed by atoms with Gasteiger partial charge in [0.15, 0.2) is 0 Å². The predicted molar refractivity (Wildman–Crippen MR) is 83.5 cm³/mol. The van der Waals surface area contributed by atoms with Crippen LogP contribution in [0.25, 0.3) is 0 Å². The van der Waals surface area contributed by atoms with Crippen molar-refractivity contribution in [3.63, 3.8) is 0 Å². The Labute approximate surface area is 118 Å². The van der Waals surface area contributed by atoms with E-state index in [4.69, 9.17) is 0 Å². The van der Waals surface area contributed by atoms with Gasteiger partial charge in [-0.1, -0.05) is 38.3 Å². The quantitative estimate of drug-likeness (QED) is 0.778. The van der Waals surface area contributed by atoms with E-state index in [1.165, 1.54) is 54.4 Å². The van der Waals surface area contributed by atoms with Gasteiger partial charge in [-0.2, -0.15) is 0 Å². The Morgan fingerprint density at radius 3 is 2.42 bits per heavy atom. The maximum absolute atomic E-state index is 3.82. The summed E-state index contributed by atoms with van der Waals surface area (Å²) in [5.41, 5.74) is 5.72. The molecule has 0 aliphatic heterocycles. The van der Waals surface area contributed by atoms with E-state index in [0.717, 1.165) is 12.5 Å². The summed E-state index contributed by atoms with van der Waals surface area (Å²) in [6.07, 6.45) is 6.98. The summed E-state index contributed by atoms with van der Waals surface area (Å²) >= 11 is 0. The highest BCUT2D eigenvalue weighted by molar-refractivity contribution is 5.36. The summed E-state index contributed by atoms with van der Waals surface area (Å²) in [6.45, 7) is 10.1. The van der Waals surface area contributed by atoms with E-state index in [-0.39, 0.29) is 0 Å². The van der Waals surface area contributed by atoms with Crippen molar-refractivity contribution in [2.75, 3.05) is 0 Å². The number of nitrogens with one attached hydrogen (secondary N) is 1. The summed E-state index contributed by atoms with van der Waals surface area (Å²) < 4.78 is 0. The fourth-order valence-corrected chi connectivity index (χ4v) is 3.25. The second kappa shape index (κ2) is 6.56. The van der Waals surface area contributed by atoms with Crippen LogP contribution in [0.2, 0.25) is 0 Å². The van der Waals surface area contributed by atoms with E-state index >= 15 is 0 Å². The molecule has 19 heavy (non-hydrogen) atoms. The zero-order valence-corrected chi connectivity index (χ0v) is 13.1. The molecule has 0 bridgehead atoms. The first kappa shape index (κ1) is 14.6. The lowest BCUT2D eigenvalue weighted by Gasteiger charge is -2.23. The molecule has 106 valence electrons. The molecule has 2 unspecified atom stereocenters. The standard InChI is InChI=1S/C18H29N/c1-13-8-6-5-7-9-18(13)19-12-17-11-15(3)14(2)10-16(17)4/h10-11,13,18-19H,5-9,12H2,1-4H3. The Hall–Kier alpha value is -0.820. The Balaban J connectivity index is 1.99. The van der Waals surface area contributed by atoms with Crippen LogP contribution in [0.4, 0.5) is 0 Å². The maximum Gasteiger partial charge on any atom is 0.0210 e. The van der Waals surface area contributed by atoms with Crippen LogP contribution in [-0.4, -0.2) is 6.04 Å². The maximum atomic E-state index is 3.82. The first-order chi connectivity index (χ1) is 9.08. The average Bonchev–Trinajstić information content (AvgIpc) is 2.57. The van der Waals surface area contributed by atoms with Crippen molar-refractivity contribution in [1.29, 1.82) is 0 Å². The van der Waals surface area contributed by atoms with Gasteiger partial charge < -0.3 is 5.32 Å². The minimum atomic E-state index is 0.712. The van der Waals surface area contributed by atoms with Crippen LogP contribution in [0.1, 0.15) is 61.3 Å². The van der Waals surface area contributed by atoms with Gasteiger partial charge in [-0.25, -0.2) is 0 Å². The van der Waals surface area contributed by atoms with Gasteiger partial charge in [0, 0.05) is 12.6 Å². The average molecular weight is 259 g/mol. The molecule has 0 aromatic heterocycles. The lowest BCUT2D eigenvalue weighted by molar-refractivity contribution is 0.356. The molecular formula is C18H29N. The van der Waals surface area contributed by atoms with Crippen LogP contribution in [0.5, 0.6) is 0 Å².